The van der Waals surface area contributed by atoms with E-state index in [1.165, 1.54) is 143 Å². The lowest BCUT2D eigenvalue weighted by Gasteiger charge is -2.23. The summed E-state index contributed by atoms with van der Waals surface area (Å²) in [4.78, 5) is 0. The van der Waals surface area contributed by atoms with E-state index in [9.17, 15) is 0 Å². The molecule has 0 saturated carbocycles. The van der Waals surface area contributed by atoms with Crippen molar-refractivity contribution >= 4 is 53.9 Å². The second-order valence-corrected chi connectivity index (χ2v) is 22.9. The molecule has 0 saturated heterocycles. The molecule has 12 aromatic carbocycles. The Morgan fingerprint density at radius 2 is 0.718 bits per heavy atom. The Bertz CT molecular complexity index is 4070. The van der Waals surface area contributed by atoms with E-state index in [0.29, 0.717) is 0 Å². The van der Waals surface area contributed by atoms with Crippen LogP contribution in [0.4, 0.5) is 0 Å². The molecule has 0 aromatic heterocycles. The van der Waals surface area contributed by atoms with Crippen molar-refractivity contribution in [3.63, 3.8) is 0 Å². The van der Waals surface area contributed by atoms with Gasteiger partial charge in [0.25, 0.3) is 0 Å². The van der Waals surface area contributed by atoms with Gasteiger partial charge in [-0.3, -0.25) is 0 Å². The highest BCUT2D eigenvalue weighted by Crippen LogP contribution is 2.52. The summed E-state index contributed by atoms with van der Waals surface area (Å²) in [6.07, 6.45) is 0. The van der Waals surface area contributed by atoms with Crippen molar-refractivity contribution in [2.45, 2.75) is 71.6 Å². The SMILES string of the molecule is CC(C)(C)c1cc2ccc3ccc(-c4ccc(-c5ccc6c(c5)C(C)(C)c5cc(-c7ccc(-c8c9ccccc9c(-c9ccccc9)c9cc(C(C)(C)C)ccc89)cc7)ccc5-6)cc4)c4ccc(c1)c2c34. The third-order valence-electron chi connectivity index (χ3n) is 16.1. The fourth-order valence-corrected chi connectivity index (χ4v) is 12.1. The minimum atomic E-state index is -0.157. The summed E-state index contributed by atoms with van der Waals surface area (Å²) in [5.74, 6) is 0. The van der Waals surface area contributed by atoms with Gasteiger partial charge < -0.3 is 0 Å². The topological polar surface area (TPSA) is 0 Å². The molecular formula is C71H58. The van der Waals surface area contributed by atoms with Crippen LogP contribution in [0.15, 0.2) is 206 Å². The molecule has 1 aliphatic rings. The van der Waals surface area contributed by atoms with Gasteiger partial charge in [0.05, 0.1) is 0 Å². The third-order valence-corrected chi connectivity index (χ3v) is 16.1. The number of hydrogen-bond acceptors (Lipinski definition) is 0. The van der Waals surface area contributed by atoms with Gasteiger partial charge in [0.1, 0.15) is 0 Å². The van der Waals surface area contributed by atoms with Crippen LogP contribution < -0.4 is 0 Å². The van der Waals surface area contributed by atoms with E-state index in [1.54, 1.807) is 0 Å². The maximum atomic E-state index is 2.45. The van der Waals surface area contributed by atoms with Gasteiger partial charge in [0.15, 0.2) is 0 Å². The van der Waals surface area contributed by atoms with Crippen LogP contribution in [0.1, 0.15) is 77.6 Å². The fraction of sp³-hybridized carbons (Fsp3) is 0.155. The number of rotatable bonds is 5. The van der Waals surface area contributed by atoms with E-state index in [4.69, 9.17) is 0 Å². The molecule has 0 bridgehead atoms. The molecule has 0 N–H and O–H groups in total. The van der Waals surface area contributed by atoms with E-state index in [2.05, 4.69) is 262 Å². The van der Waals surface area contributed by atoms with Crippen molar-refractivity contribution in [3.05, 3.63) is 229 Å². The molecule has 13 rings (SSSR count). The second kappa shape index (κ2) is 15.6. The van der Waals surface area contributed by atoms with Crippen LogP contribution in [0, 0.1) is 0 Å². The summed E-state index contributed by atoms with van der Waals surface area (Å²) in [7, 11) is 0. The van der Waals surface area contributed by atoms with Crippen LogP contribution in [-0.4, -0.2) is 0 Å². The second-order valence-electron chi connectivity index (χ2n) is 22.9. The third kappa shape index (κ3) is 6.87. The summed E-state index contributed by atoms with van der Waals surface area (Å²) in [6.45, 7) is 18.6. The van der Waals surface area contributed by atoms with E-state index in [1.807, 2.05) is 0 Å². The zero-order chi connectivity index (χ0) is 48.6. The number of hydrogen-bond donors (Lipinski definition) is 0. The molecule has 0 nitrogen and oxygen atoms in total. The summed E-state index contributed by atoms with van der Waals surface area (Å²) in [6, 6.07) is 78.6. The molecule has 1 aliphatic carbocycles. The van der Waals surface area contributed by atoms with Gasteiger partial charge in [-0.25, -0.2) is 0 Å². The first-order chi connectivity index (χ1) is 34.2. The van der Waals surface area contributed by atoms with Crippen molar-refractivity contribution < 1.29 is 0 Å². The molecule has 342 valence electrons. The summed E-state index contributed by atoms with van der Waals surface area (Å²) < 4.78 is 0. The van der Waals surface area contributed by atoms with Gasteiger partial charge in [0.2, 0.25) is 0 Å². The highest BCUT2D eigenvalue weighted by molar-refractivity contribution is 6.26. The van der Waals surface area contributed by atoms with Crippen molar-refractivity contribution in [1.29, 1.82) is 0 Å². The van der Waals surface area contributed by atoms with Crippen molar-refractivity contribution in [2.24, 2.45) is 0 Å². The lowest BCUT2D eigenvalue weighted by atomic mass is 9.80. The molecule has 12 aromatic rings. The first-order valence-electron chi connectivity index (χ1n) is 25.5. The lowest BCUT2D eigenvalue weighted by molar-refractivity contribution is 0.591. The molecule has 0 fully saturated rings. The summed E-state index contributed by atoms with van der Waals surface area (Å²) in [5, 5.41) is 13.1. The van der Waals surface area contributed by atoms with Gasteiger partial charge in [-0.2, -0.15) is 0 Å². The quantitative estimate of drug-likeness (QED) is 0.119. The maximum Gasteiger partial charge on any atom is 0.0159 e. The fourth-order valence-electron chi connectivity index (χ4n) is 12.1. The number of fused-ring (bicyclic) bond motifs is 5. The van der Waals surface area contributed by atoms with Crippen molar-refractivity contribution in [1.82, 2.24) is 0 Å². The van der Waals surface area contributed by atoms with Crippen molar-refractivity contribution in [3.8, 4) is 66.8 Å². The molecule has 0 spiro atoms. The normalized spacial score (nSPS) is 13.5. The zero-order valence-corrected chi connectivity index (χ0v) is 42.1. The highest BCUT2D eigenvalue weighted by Gasteiger charge is 2.36. The zero-order valence-electron chi connectivity index (χ0n) is 42.1. The Balaban J connectivity index is 0.821. The van der Waals surface area contributed by atoms with E-state index in [-0.39, 0.29) is 16.2 Å². The molecule has 0 amide bonds. The molecule has 0 radical (unpaired) electrons. The van der Waals surface area contributed by atoms with Crippen molar-refractivity contribution in [2.75, 3.05) is 0 Å². The van der Waals surface area contributed by atoms with Crippen LogP contribution in [0.2, 0.25) is 0 Å². The highest BCUT2D eigenvalue weighted by atomic mass is 14.4. The summed E-state index contributed by atoms with van der Waals surface area (Å²) in [5.41, 5.74) is 20.7. The molecule has 0 aliphatic heterocycles. The average Bonchev–Trinajstić information content (AvgIpc) is 3.61. The lowest BCUT2D eigenvalue weighted by Crippen LogP contribution is -2.15. The first-order valence-corrected chi connectivity index (χ1v) is 25.5. The minimum Gasteiger partial charge on any atom is -0.0622 e. The predicted octanol–water partition coefficient (Wildman–Crippen LogP) is 20.1. The van der Waals surface area contributed by atoms with Crippen LogP contribution in [-0.2, 0) is 16.2 Å². The van der Waals surface area contributed by atoms with E-state index in [0.717, 1.165) is 0 Å². The molecular weight excluding hydrogens is 853 g/mol. The minimum absolute atomic E-state index is 0.0306. The predicted molar refractivity (Wildman–Crippen MR) is 307 cm³/mol. The molecule has 0 atom stereocenters. The first kappa shape index (κ1) is 43.2. The van der Waals surface area contributed by atoms with Crippen LogP contribution in [0.5, 0.6) is 0 Å². The van der Waals surface area contributed by atoms with Gasteiger partial charge in [0, 0.05) is 5.41 Å². The number of benzene rings is 12. The standard InChI is InChI=1S/C71H58/c1-69(2,3)53-32-37-61-62(42-53)67(46-14-10-9-11-15-46)59-17-13-12-16-58(59)66(61)47-24-20-44(21-25-47)50-30-35-57-56-34-29-49(40-63(56)71(7,8)64(57)41-50)43-18-22-45(23-19-43)55-33-28-48-26-27-51-38-54(70(4,5)6)39-52-31-36-60(55)68(48)65(51)52/h9-42H,1-8H3. The van der Waals surface area contributed by atoms with E-state index >= 15 is 0 Å². The Morgan fingerprint density at radius 1 is 0.282 bits per heavy atom. The van der Waals surface area contributed by atoms with Gasteiger partial charge in [-0.15, -0.1) is 0 Å². The monoisotopic (exact) mass is 910 g/mol. The Labute approximate surface area is 418 Å². The van der Waals surface area contributed by atoms with E-state index < -0.39 is 0 Å². The summed E-state index contributed by atoms with van der Waals surface area (Å²) >= 11 is 0. The molecule has 0 heterocycles. The maximum absolute atomic E-state index is 2.45. The van der Waals surface area contributed by atoms with Crippen LogP contribution >= 0.6 is 0 Å². The largest absolute Gasteiger partial charge is 0.0622 e. The Hall–Kier alpha value is -7.80. The van der Waals surface area contributed by atoms with Crippen LogP contribution in [0.3, 0.4) is 0 Å². The Morgan fingerprint density at radius 3 is 1.31 bits per heavy atom. The smallest absolute Gasteiger partial charge is 0.0159 e. The average molecular weight is 911 g/mol. The van der Waals surface area contributed by atoms with Crippen LogP contribution in [0.25, 0.3) is 121 Å². The van der Waals surface area contributed by atoms with Gasteiger partial charge in [-0.1, -0.05) is 243 Å². The molecule has 0 unspecified atom stereocenters. The van der Waals surface area contributed by atoms with Gasteiger partial charge >= 0.3 is 0 Å². The molecule has 71 heavy (non-hydrogen) atoms. The molecule has 0 heteroatoms. The van der Waals surface area contributed by atoms with Gasteiger partial charge in [-0.05, 0) is 172 Å². The Kier molecular flexibility index (Phi) is 9.50.